The number of nitrogens with zero attached hydrogens (tertiary/aromatic N) is 3. The molecule has 0 N–H and O–H groups in total. The fraction of sp³-hybridized carbons (Fsp3) is 0.611. The van der Waals surface area contributed by atoms with Crippen LogP contribution in [0.3, 0.4) is 0 Å². The van der Waals surface area contributed by atoms with Crippen LogP contribution >= 0.6 is 24.0 Å². The van der Waals surface area contributed by atoms with Crippen molar-refractivity contribution in [2.75, 3.05) is 64.4 Å². The molecule has 2 aliphatic rings. The fourth-order valence-corrected chi connectivity index (χ4v) is 3.64. The summed E-state index contributed by atoms with van der Waals surface area (Å²) in [4.78, 5) is 19.5. The molecule has 0 bridgehead atoms. The lowest BCUT2D eigenvalue weighted by Crippen LogP contribution is -2.49. The van der Waals surface area contributed by atoms with Gasteiger partial charge in [-0.05, 0) is 30.7 Å². The molecule has 1 aromatic carbocycles. The van der Waals surface area contributed by atoms with Crippen molar-refractivity contribution in [2.45, 2.75) is 6.42 Å². The third-order valence-corrected chi connectivity index (χ3v) is 5.26. The highest BCUT2D eigenvalue weighted by Gasteiger charge is 2.34. The maximum atomic E-state index is 12.7. The van der Waals surface area contributed by atoms with Crippen LogP contribution < -0.4 is 4.90 Å². The van der Waals surface area contributed by atoms with Crippen molar-refractivity contribution in [2.24, 2.45) is 5.92 Å². The maximum absolute atomic E-state index is 12.7. The number of hydrogen-bond acceptors (Lipinski definition) is 4. The third kappa shape index (κ3) is 5.31. The lowest BCUT2D eigenvalue weighted by atomic mass is 10.1. The van der Waals surface area contributed by atoms with Crippen LogP contribution in [0.1, 0.15) is 6.42 Å². The summed E-state index contributed by atoms with van der Waals surface area (Å²) in [7, 11) is 1.74. The first kappa shape index (κ1) is 20.5. The summed E-state index contributed by atoms with van der Waals surface area (Å²) in [5, 5.41) is 0.702. The summed E-state index contributed by atoms with van der Waals surface area (Å²) in [5.41, 5.74) is 0.955. The largest absolute Gasteiger partial charge is 0.383 e. The van der Waals surface area contributed by atoms with Gasteiger partial charge in [0.25, 0.3) is 0 Å². The highest BCUT2D eigenvalue weighted by atomic mass is 35.5. The molecule has 7 heteroatoms. The second kappa shape index (κ2) is 9.74. The highest BCUT2D eigenvalue weighted by Crippen LogP contribution is 2.27. The summed E-state index contributed by atoms with van der Waals surface area (Å²) in [6, 6.07) is 7.54. The lowest BCUT2D eigenvalue weighted by Gasteiger charge is -2.35. The Morgan fingerprint density at radius 3 is 2.36 bits per heavy atom. The van der Waals surface area contributed by atoms with Gasteiger partial charge in [-0.25, -0.2) is 0 Å². The van der Waals surface area contributed by atoms with Gasteiger partial charge in [0.15, 0.2) is 0 Å². The van der Waals surface area contributed by atoms with Gasteiger partial charge in [0.2, 0.25) is 5.91 Å². The van der Waals surface area contributed by atoms with E-state index in [1.807, 2.05) is 29.2 Å². The average Bonchev–Trinajstić information content (AvgIpc) is 2.96. The number of halogens is 2. The minimum Gasteiger partial charge on any atom is -0.383 e. The van der Waals surface area contributed by atoms with Gasteiger partial charge in [0, 0.05) is 63.6 Å². The Hall–Kier alpha value is -0.850. The Morgan fingerprint density at radius 2 is 1.72 bits per heavy atom. The van der Waals surface area contributed by atoms with E-state index in [9.17, 15) is 4.79 Å². The first-order valence-corrected chi connectivity index (χ1v) is 9.06. The van der Waals surface area contributed by atoms with Gasteiger partial charge in [0.1, 0.15) is 0 Å². The summed E-state index contributed by atoms with van der Waals surface area (Å²) in [6.45, 7) is 7.66. The molecule has 1 atom stereocenters. The number of rotatable bonds is 6. The molecular formula is C18H27Cl2N3O2. The quantitative estimate of drug-likeness (QED) is 0.750. The fourth-order valence-electron chi connectivity index (χ4n) is 3.51. The Morgan fingerprint density at radius 1 is 1.08 bits per heavy atom. The molecule has 2 heterocycles. The van der Waals surface area contributed by atoms with Gasteiger partial charge in [-0.1, -0.05) is 11.6 Å². The van der Waals surface area contributed by atoms with Gasteiger partial charge >= 0.3 is 0 Å². The molecule has 25 heavy (non-hydrogen) atoms. The number of amides is 1. The van der Waals surface area contributed by atoms with Gasteiger partial charge in [0.05, 0.1) is 12.5 Å². The number of hydrogen-bond donors (Lipinski definition) is 0. The van der Waals surface area contributed by atoms with Crippen molar-refractivity contribution in [1.82, 2.24) is 9.80 Å². The van der Waals surface area contributed by atoms with E-state index in [4.69, 9.17) is 16.3 Å². The van der Waals surface area contributed by atoms with E-state index in [1.54, 1.807) is 7.11 Å². The monoisotopic (exact) mass is 387 g/mol. The molecule has 0 radical (unpaired) electrons. The van der Waals surface area contributed by atoms with Crippen LogP contribution in [-0.4, -0.2) is 75.2 Å². The number of anilines is 1. The van der Waals surface area contributed by atoms with Crippen LogP contribution in [0.15, 0.2) is 24.3 Å². The summed E-state index contributed by atoms with van der Waals surface area (Å²) < 4.78 is 5.14. The van der Waals surface area contributed by atoms with Crippen LogP contribution in [0.5, 0.6) is 0 Å². The van der Waals surface area contributed by atoms with Crippen LogP contribution in [0.25, 0.3) is 0 Å². The molecule has 1 aromatic rings. The van der Waals surface area contributed by atoms with Gasteiger partial charge in [-0.15, -0.1) is 12.4 Å². The smallest absolute Gasteiger partial charge is 0.231 e. The highest BCUT2D eigenvalue weighted by molar-refractivity contribution is 6.30. The van der Waals surface area contributed by atoms with Crippen molar-refractivity contribution in [1.29, 1.82) is 0 Å². The Balaban J connectivity index is 0.00000225. The first-order valence-electron chi connectivity index (χ1n) is 8.68. The molecule has 3 rings (SSSR count). The molecule has 2 fully saturated rings. The zero-order chi connectivity index (χ0) is 16.9. The molecule has 0 aliphatic carbocycles. The molecule has 0 saturated carbocycles. The van der Waals surface area contributed by atoms with Crippen molar-refractivity contribution in [3.8, 4) is 0 Å². The minimum atomic E-state index is 0. The second-order valence-corrected chi connectivity index (χ2v) is 7.02. The molecule has 0 spiro atoms. The topological polar surface area (TPSA) is 36.0 Å². The van der Waals surface area contributed by atoms with E-state index in [0.29, 0.717) is 5.02 Å². The molecule has 2 aliphatic heterocycles. The predicted octanol–water partition coefficient (Wildman–Crippen LogP) is 2.38. The first-order chi connectivity index (χ1) is 11.7. The van der Waals surface area contributed by atoms with Crippen molar-refractivity contribution in [3.63, 3.8) is 0 Å². The van der Waals surface area contributed by atoms with Crippen molar-refractivity contribution < 1.29 is 9.53 Å². The Labute approximate surface area is 161 Å². The van der Waals surface area contributed by atoms with E-state index >= 15 is 0 Å². The van der Waals surface area contributed by atoms with E-state index in [-0.39, 0.29) is 24.2 Å². The van der Waals surface area contributed by atoms with Crippen LogP contribution in [0, 0.1) is 5.92 Å². The predicted molar refractivity (Wildman–Crippen MR) is 104 cm³/mol. The Kier molecular flexibility index (Phi) is 7.97. The molecule has 1 unspecified atom stereocenters. The molecule has 140 valence electrons. The van der Waals surface area contributed by atoms with Crippen LogP contribution in [0.4, 0.5) is 5.69 Å². The third-order valence-electron chi connectivity index (χ3n) is 5.01. The number of carbonyl (C=O) groups excluding carboxylic acids is 1. The summed E-state index contributed by atoms with van der Waals surface area (Å²) >= 11 is 5.93. The lowest BCUT2D eigenvalue weighted by molar-refractivity contribution is -0.121. The summed E-state index contributed by atoms with van der Waals surface area (Å²) in [5.74, 6) is 0.366. The molecular weight excluding hydrogens is 361 g/mol. The van der Waals surface area contributed by atoms with Crippen molar-refractivity contribution in [3.05, 3.63) is 29.3 Å². The van der Waals surface area contributed by atoms with Gasteiger partial charge < -0.3 is 14.5 Å². The van der Waals surface area contributed by atoms with Crippen molar-refractivity contribution >= 4 is 35.6 Å². The number of methoxy groups -OCH3 is 1. The van der Waals surface area contributed by atoms with E-state index in [2.05, 4.69) is 9.80 Å². The SMILES string of the molecule is COCCN1CCN(CC2CCN(c3ccc(Cl)cc3)C2=O)CC1.Cl. The van der Waals surface area contributed by atoms with E-state index in [0.717, 1.165) is 64.5 Å². The summed E-state index contributed by atoms with van der Waals surface area (Å²) in [6.07, 6.45) is 0.936. The normalized spacial score (nSPS) is 22.2. The number of piperazine rings is 1. The van der Waals surface area contributed by atoms with Crippen LogP contribution in [-0.2, 0) is 9.53 Å². The van der Waals surface area contributed by atoms with Gasteiger partial charge in [-0.2, -0.15) is 0 Å². The Bertz CT molecular complexity index is 548. The zero-order valence-corrected chi connectivity index (χ0v) is 16.3. The van der Waals surface area contributed by atoms with E-state index < -0.39 is 0 Å². The second-order valence-electron chi connectivity index (χ2n) is 6.59. The van der Waals surface area contributed by atoms with Gasteiger partial charge in [-0.3, -0.25) is 9.69 Å². The standard InChI is InChI=1S/C18H26ClN3O2.ClH/c1-24-13-12-20-8-10-21(11-9-20)14-15-6-7-22(18(15)23)17-4-2-16(19)3-5-17;/h2-5,15H,6-14H2,1H3;1H. The molecule has 2 saturated heterocycles. The number of benzene rings is 1. The number of carbonyl (C=O) groups is 1. The average molecular weight is 388 g/mol. The maximum Gasteiger partial charge on any atom is 0.231 e. The molecule has 5 nitrogen and oxygen atoms in total. The minimum absolute atomic E-state index is 0. The molecule has 1 amide bonds. The van der Waals surface area contributed by atoms with Crippen LogP contribution in [0.2, 0.25) is 5.02 Å². The zero-order valence-electron chi connectivity index (χ0n) is 14.7. The molecule has 0 aromatic heterocycles. The number of ether oxygens (including phenoxy) is 1. The van der Waals surface area contributed by atoms with E-state index in [1.165, 1.54) is 0 Å².